The first-order valence-electron chi connectivity index (χ1n) is 7.52. The fourth-order valence-corrected chi connectivity index (χ4v) is 1.97. The number of alkyl halides is 3. The zero-order chi connectivity index (χ0) is 20.0. The van der Waals surface area contributed by atoms with E-state index in [0.717, 1.165) is 0 Å². The molecular weight excluding hydrogens is 370 g/mol. The maximum atomic E-state index is 12.9. The molecule has 0 spiro atoms. The van der Waals surface area contributed by atoms with E-state index in [4.69, 9.17) is 15.9 Å². The third-order valence-electron chi connectivity index (χ3n) is 3.24. The highest BCUT2D eigenvalue weighted by Crippen LogP contribution is 2.20. The molecule has 3 N–H and O–H groups in total. The van der Waals surface area contributed by atoms with E-state index in [9.17, 15) is 22.4 Å². The first-order chi connectivity index (χ1) is 12.6. The number of nitrogens with two attached hydrogens (primary N) is 1. The van der Waals surface area contributed by atoms with Gasteiger partial charge in [-0.3, -0.25) is 5.41 Å². The summed E-state index contributed by atoms with van der Waals surface area (Å²) in [6.07, 6.45) is -5.21. The summed E-state index contributed by atoms with van der Waals surface area (Å²) in [5.74, 6) is -3.35. The van der Waals surface area contributed by atoms with Crippen LogP contribution in [-0.2, 0) is 22.8 Å². The van der Waals surface area contributed by atoms with E-state index in [1.165, 1.54) is 24.3 Å². The maximum absolute atomic E-state index is 12.9. The quantitative estimate of drug-likeness (QED) is 0.357. The minimum atomic E-state index is -5.21. The van der Waals surface area contributed by atoms with Crippen LogP contribution in [0.2, 0.25) is 0 Å². The Balaban J connectivity index is 2.03. The van der Waals surface area contributed by atoms with E-state index in [1.807, 2.05) is 0 Å². The van der Waals surface area contributed by atoms with Gasteiger partial charge in [-0.05, 0) is 35.4 Å². The van der Waals surface area contributed by atoms with Gasteiger partial charge in [0.25, 0.3) is 0 Å². The summed E-state index contributed by atoms with van der Waals surface area (Å²) in [7, 11) is 0. The molecule has 0 aromatic heterocycles. The van der Waals surface area contributed by atoms with Gasteiger partial charge in [0.15, 0.2) is 0 Å². The SMILES string of the molecule is N=C(N)N(Cc1cccc(OCc2ccc(F)cc2)c1)OC(=O)C(F)(F)F. The lowest BCUT2D eigenvalue weighted by Gasteiger charge is -2.21. The number of guanidine groups is 1. The number of hydrogen-bond donors (Lipinski definition) is 2. The van der Waals surface area contributed by atoms with Crippen LogP contribution in [0.1, 0.15) is 11.1 Å². The standard InChI is InChI=1S/C17H15F4N3O3/c18-13-6-4-11(5-7-13)10-26-14-3-1-2-12(8-14)9-24(16(22)23)27-15(25)17(19,20)21/h1-8H,9-10H2,(H3,22,23). The van der Waals surface area contributed by atoms with E-state index < -0.39 is 18.1 Å². The van der Waals surface area contributed by atoms with Gasteiger partial charge in [-0.25, -0.2) is 9.18 Å². The fourth-order valence-electron chi connectivity index (χ4n) is 1.97. The average molecular weight is 385 g/mol. The third kappa shape index (κ3) is 6.17. The predicted molar refractivity (Wildman–Crippen MR) is 86.8 cm³/mol. The normalized spacial score (nSPS) is 11.0. The van der Waals surface area contributed by atoms with Crippen molar-refractivity contribution in [2.75, 3.05) is 0 Å². The van der Waals surface area contributed by atoms with Crippen molar-refractivity contribution >= 4 is 11.9 Å². The first-order valence-corrected chi connectivity index (χ1v) is 7.52. The average Bonchev–Trinajstić information content (AvgIpc) is 2.60. The largest absolute Gasteiger partial charge is 0.493 e. The van der Waals surface area contributed by atoms with E-state index in [0.29, 0.717) is 21.9 Å². The molecule has 0 atom stereocenters. The number of hydroxylamine groups is 2. The van der Waals surface area contributed by atoms with Gasteiger partial charge in [-0.2, -0.15) is 18.2 Å². The molecule has 10 heteroatoms. The van der Waals surface area contributed by atoms with Crippen LogP contribution in [0.3, 0.4) is 0 Å². The van der Waals surface area contributed by atoms with Crippen LogP contribution in [0.15, 0.2) is 48.5 Å². The molecule has 2 aromatic carbocycles. The topological polar surface area (TPSA) is 88.6 Å². The second-order valence-corrected chi connectivity index (χ2v) is 5.36. The molecule has 0 heterocycles. The van der Waals surface area contributed by atoms with Crippen LogP contribution in [0.25, 0.3) is 0 Å². The number of benzene rings is 2. The summed E-state index contributed by atoms with van der Waals surface area (Å²) in [4.78, 5) is 15.0. The molecule has 2 aromatic rings. The number of carbonyl (C=O) groups excluding carboxylic acids is 1. The summed E-state index contributed by atoms with van der Waals surface area (Å²) in [5.41, 5.74) is 6.26. The number of nitrogens with zero attached hydrogens (tertiary/aromatic N) is 1. The maximum Gasteiger partial charge on any atom is 0.493 e. The van der Waals surface area contributed by atoms with Crippen LogP contribution in [0, 0.1) is 11.2 Å². The Labute approximate surface area is 151 Å². The van der Waals surface area contributed by atoms with Gasteiger partial charge in [-0.1, -0.05) is 24.3 Å². The zero-order valence-electron chi connectivity index (χ0n) is 13.8. The Kier molecular flexibility index (Phi) is 6.22. The summed E-state index contributed by atoms with van der Waals surface area (Å²) in [5, 5.41) is 7.57. The van der Waals surface area contributed by atoms with Gasteiger partial charge >= 0.3 is 12.1 Å². The fraction of sp³-hybridized carbons (Fsp3) is 0.176. The summed E-state index contributed by atoms with van der Waals surface area (Å²) in [6.45, 7) is -0.242. The molecule has 0 unspecified atom stereocenters. The minimum absolute atomic E-state index is 0.142. The second-order valence-electron chi connectivity index (χ2n) is 5.36. The Hall–Kier alpha value is -3.30. The molecule has 0 aliphatic carbocycles. The van der Waals surface area contributed by atoms with Gasteiger partial charge in [-0.15, -0.1) is 0 Å². The molecule has 6 nitrogen and oxygen atoms in total. The lowest BCUT2D eigenvalue weighted by Crippen LogP contribution is -2.41. The van der Waals surface area contributed by atoms with Crippen LogP contribution in [-0.4, -0.2) is 23.2 Å². The van der Waals surface area contributed by atoms with Crippen LogP contribution in [0.4, 0.5) is 17.6 Å². The van der Waals surface area contributed by atoms with Crippen molar-refractivity contribution in [1.29, 1.82) is 5.41 Å². The van der Waals surface area contributed by atoms with E-state index >= 15 is 0 Å². The minimum Gasteiger partial charge on any atom is -0.489 e. The molecular formula is C17H15F4N3O3. The highest BCUT2D eigenvalue weighted by molar-refractivity contribution is 5.79. The smallest absolute Gasteiger partial charge is 0.489 e. The van der Waals surface area contributed by atoms with E-state index in [1.54, 1.807) is 24.3 Å². The first kappa shape index (κ1) is 20.0. The molecule has 0 fully saturated rings. The Bertz CT molecular complexity index is 810. The number of halogens is 4. The van der Waals surface area contributed by atoms with Crippen molar-refractivity contribution in [2.24, 2.45) is 5.73 Å². The highest BCUT2D eigenvalue weighted by atomic mass is 19.4. The Morgan fingerprint density at radius 1 is 1.11 bits per heavy atom. The summed E-state index contributed by atoms with van der Waals surface area (Å²) < 4.78 is 55.3. The van der Waals surface area contributed by atoms with E-state index in [2.05, 4.69) is 4.84 Å². The summed E-state index contributed by atoms with van der Waals surface area (Å²) in [6, 6.07) is 11.9. The monoisotopic (exact) mass is 385 g/mol. The molecule has 0 amide bonds. The molecule has 0 bridgehead atoms. The third-order valence-corrected chi connectivity index (χ3v) is 3.24. The van der Waals surface area contributed by atoms with Gasteiger partial charge < -0.3 is 15.3 Å². The van der Waals surface area contributed by atoms with Crippen molar-refractivity contribution in [1.82, 2.24) is 5.06 Å². The number of ether oxygens (including phenoxy) is 1. The lowest BCUT2D eigenvalue weighted by atomic mass is 10.2. The Morgan fingerprint density at radius 3 is 2.37 bits per heavy atom. The molecule has 2 rings (SSSR count). The van der Waals surface area contributed by atoms with Gasteiger partial charge in [0.05, 0.1) is 6.54 Å². The number of hydrogen-bond acceptors (Lipinski definition) is 4. The summed E-state index contributed by atoms with van der Waals surface area (Å²) >= 11 is 0. The van der Waals surface area contributed by atoms with Crippen LogP contribution < -0.4 is 10.5 Å². The highest BCUT2D eigenvalue weighted by Gasteiger charge is 2.43. The van der Waals surface area contributed by atoms with E-state index in [-0.39, 0.29) is 19.0 Å². The van der Waals surface area contributed by atoms with Crippen LogP contribution in [0.5, 0.6) is 5.75 Å². The van der Waals surface area contributed by atoms with Crippen molar-refractivity contribution in [3.8, 4) is 5.75 Å². The van der Waals surface area contributed by atoms with Crippen molar-refractivity contribution in [3.63, 3.8) is 0 Å². The van der Waals surface area contributed by atoms with Gasteiger partial charge in [0, 0.05) is 0 Å². The predicted octanol–water partition coefficient (Wildman–Crippen LogP) is 3.12. The number of carbonyl (C=O) groups is 1. The zero-order valence-corrected chi connectivity index (χ0v) is 13.8. The molecule has 144 valence electrons. The molecule has 0 aliphatic heterocycles. The van der Waals surface area contributed by atoms with Gasteiger partial charge in [0.2, 0.25) is 5.96 Å². The van der Waals surface area contributed by atoms with Crippen molar-refractivity contribution in [2.45, 2.75) is 19.3 Å². The van der Waals surface area contributed by atoms with Crippen LogP contribution >= 0.6 is 0 Å². The molecule has 0 radical (unpaired) electrons. The molecule has 27 heavy (non-hydrogen) atoms. The molecule has 0 aliphatic rings. The van der Waals surface area contributed by atoms with Crippen molar-refractivity contribution in [3.05, 3.63) is 65.5 Å². The number of nitrogens with one attached hydrogen (secondary N) is 1. The Morgan fingerprint density at radius 2 is 1.78 bits per heavy atom. The van der Waals surface area contributed by atoms with Gasteiger partial charge in [0.1, 0.15) is 18.2 Å². The number of rotatable bonds is 5. The molecule has 0 saturated carbocycles. The lowest BCUT2D eigenvalue weighted by molar-refractivity contribution is -0.227. The second kappa shape index (κ2) is 8.39. The molecule has 0 saturated heterocycles. The van der Waals surface area contributed by atoms with Crippen molar-refractivity contribution < 1.29 is 31.9 Å².